The molecule has 1 amide bonds. The molecule has 5 nitrogen and oxygen atoms in total. The Morgan fingerprint density at radius 2 is 1.79 bits per heavy atom. The molecule has 1 aromatic carbocycles. The number of hydrogen-bond donors (Lipinski definition) is 3. The molecule has 2 rings (SSSR count). The standard InChI is InChI=1S/C14H17NO4/c16-12-5-1-9(2-6-12)8-15-13(17)10-3-4-11(7-10)14(18)19/h1-2,5-6,10-11,16H,3-4,7-8H2,(H,15,17)(H,18,19). The van der Waals surface area contributed by atoms with E-state index in [1.807, 2.05) is 0 Å². The molecule has 1 saturated carbocycles. The fraction of sp³-hybridized carbons (Fsp3) is 0.429. The summed E-state index contributed by atoms with van der Waals surface area (Å²) < 4.78 is 0. The van der Waals surface area contributed by atoms with Gasteiger partial charge in [0.05, 0.1) is 5.92 Å². The number of nitrogens with one attached hydrogen (secondary N) is 1. The summed E-state index contributed by atoms with van der Waals surface area (Å²) >= 11 is 0. The molecule has 0 heterocycles. The average molecular weight is 263 g/mol. The largest absolute Gasteiger partial charge is 0.508 e. The third kappa shape index (κ3) is 3.47. The maximum absolute atomic E-state index is 11.9. The number of carbonyl (C=O) groups excluding carboxylic acids is 1. The maximum atomic E-state index is 11.9. The molecular weight excluding hydrogens is 246 g/mol. The van der Waals surface area contributed by atoms with Crippen molar-refractivity contribution in [3.63, 3.8) is 0 Å². The summed E-state index contributed by atoms with van der Waals surface area (Å²) in [6.45, 7) is 0.396. The van der Waals surface area contributed by atoms with Gasteiger partial charge in [-0.15, -0.1) is 0 Å². The predicted molar refractivity (Wildman–Crippen MR) is 68.4 cm³/mol. The maximum Gasteiger partial charge on any atom is 0.306 e. The lowest BCUT2D eigenvalue weighted by molar-refractivity contribution is -0.141. The van der Waals surface area contributed by atoms with Crippen LogP contribution in [0.4, 0.5) is 0 Å². The molecule has 0 aliphatic heterocycles. The van der Waals surface area contributed by atoms with Crippen molar-refractivity contribution >= 4 is 11.9 Å². The van der Waals surface area contributed by atoms with Crippen LogP contribution < -0.4 is 5.32 Å². The normalized spacial score (nSPS) is 22.1. The number of aromatic hydroxyl groups is 1. The van der Waals surface area contributed by atoms with Crippen LogP contribution >= 0.6 is 0 Å². The van der Waals surface area contributed by atoms with Gasteiger partial charge in [-0.25, -0.2) is 0 Å². The van der Waals surface area contributed by atoms with Gasteiger partial charge in [-0.3, -0.25) is 9.59 Å². The molecule has 19 heavy (non-hydrogen) atoms. The van der Waals surface area contributed by atoms with Gasteiger partial charge in [0.2, 0.25) is 5.91 Å². The Hall–Kier alpha value is -2.04. The van der Waals surface area contributed by atoms with Crippen LogP contribution in [0.25, 0.3) is 0 Å². The molecule has 0 aromatic heterocycles. The minimum Gasteiger partial charge on any atom is -0.508 e. The van der Waals surface area contributed by atoms with Crippen molar-refractivity contribution in [2.24, 2.45) is 11.8 Å². The van der Waals surface area contributed by atoms with Crippen LogP contribution in [0.5, 0.6) is 5.75 Å². The van der Waals surface area contributed by atoms with E-state index in [0.717, 1.165) is 5.56 Å². The fourth-order valence-corrected chi connectivity index (χ4v) is 2.39. The first-order valence-electron chi connectivity index (χ1n) is 6.34. The van der Waals surface area contributed by atoms with Crippen LogP contribution in [-0.4, -0.2) is 22.1 Å². The van der Waals surface area contributed by atoms with Gasteiger partial charge in [0.25, 0.3) is 0 Å². The quantitative estimate of drug-likeness (QED) is 0.768. The van der Waals surface area contributed by atoms with Crippen molar-refractivity contribution < 1.29 is 19.8 Å². The van der Waals surface area contributed by atoms with Crippen LogP contribution in [0.2, 0.25) is 0 Å². The first-order chi connectivity index (χ1) is 9.06. The van der Waals surface area contributed by atoms with Gasteiger partial charge in [-0.05, 0) is 37.0 Å². The summed E-state index contributed by atoms with van der Waals surface area (Å²) in [4.78, 5) is 22.7. The molecule has 3 N–H and O–H groups in total. The highest BCUT2D eigenvalue weighted by Crippen LogP contribution is 2.31. The molecule has 1 aromatic rings. The SMILES string of the molecule is O=C(O)C1CCC(C(=O)NCc2ccc(O)cc2)C1. The van der Waals surface area contributed by atoms with Crippen molar-refractivity contribution in [2.75, 3.05) is 0 Å². The van der Waals surface area contributed by atoms with E-state index in [0.29, 0.717) is 25.8 Å². The molecule has 102 valence electrons. The van der Waals surface area contributed by atoms with E-state index in [-0.39, 0.29) is 23.5 Å². The molecule has 0 bridgehead atoms. The number of carbonyl (C=O) groups is 2. The van der Waals surface area contributed by atoms with Crippen molar-refractivity contribution in [1.29, 1.82) is 0 Å². The first kappa shape index (κ1) is 13.4. The summed E-state index contributed by atoms with van der Waals surface area (Å²) in [5.41, 5.74) is 0.902. The third-order valence-electron chi connectivity index (χ3n) is 3.56. The van der Waals surface area contributed by atoms with E-state index in [2.05, 4.69) is 5.32 Å². The Balaban J connectivity index is 1.82. The molecule has 1 fully saturated rings. The number of phenolic OH excluding ortho intramolecular Hbond substituents is 1. The zero-order valence-corrected chi connectivity index (χ0v) is 10.5. The van der Waals surface area contributed by atoms with Crippen molar-refractivity contribution in [1.82, 2.24) is 5.32 Å². The Kier molecular flexibility index (Phi) is 4.04. The number of carboxylic acid groups (broad SMARTS) is 1. The van der Waals surface area contributed by atoms with Gasteiger partial charge >= 0.3 is 5.97 Å². The van der Waals surface area contributed by atoms with E-state index in [9.17, 15) is 9.59 Å². The molecular formula is C14H17NO4. The van der Waals surface area contributed by atoms with Gasteiger partial charge in [-0.2, -0.15) is 0 Å². The second-order valence-electron chi connectivity index (χ2n) is 4.93. The van der Waals surface area contributed by atoms with Crippen molar-refractivity contribution in [3.8, 4) is 5.75 Å². The highest BCUT2D eigenvalue weighted by molar-refractivity contribution is 5.80. The number of amides is 1. The monoisotopic (exact) mass is 263 g/mol. The molecule has 1 aliphatic rings. The minimum atomic E-state index is -0.811. The number of aliphatic carboxylic acids is 1. The summed E-state index contributed by atoms with van der Waals surface area (Å²) in [5, 5.41) is 20.8. The van der Waals surface area contributed by atoms with Crippen LogP contribution in [0.1, 0.15) is 24.8 Å². The van der Waals surface area contributed by atoms with E-state index in [1.165, 1.54) is 0 Å². The zero-order chi connectivity index (χ0) is 13.8. The number of carboxylic acids is 1. The lowest BCUT2D eigenvalue weighted by Gasteiger charge is -2.10. The highest BCUT2D eigenvalue weighted by atomic mass is 16.4. The number of rotatable bonds is 4. The number of phenols is 1. The lowest BCUT2D eigenvalue weighted by atomic mass is 10.0. The summed E-state index contributed by atoms with van der Waals surface area (Å²) in [6, 6.07) is 6.61. The third-order valence-corrected chi connectivity index (χ3v) is 3.56. The van der Waals surface area contributed by atoms with Crippen molar-refractivity contribution in [2.45, 2.75) is 25.8 Å². The van der Waals surface area contributed by atoms with Crippen molar-refractivity contribution in [3.05, 3.63) is 29.8 Å². The van der Waals surface area contributed by atoms with Crippen LogP contribution in [-0.2, 0) is 16.1 Å². The summed E-state index contributed by atoms with van der Waals surface area (Å²) in [6.07, 6.45) is 1.64. The van der Waals surface area contributed by atoms with Gasteiger partial charge in [0, 0.05) is 12.5 Å². The Morgan fingerprint density at radius 1 is 1.16 bits per heavy atom. The molecule has 0 radical (unpaired) electrons. The second kappa shape index (κ2) is 5.73. The van der Waals surface area contributed by atoms with Gasteiger partial charge in [-0.1, -0.05) is 12.1 Å². The smallest absolute Gasteiger partial charge is 0.306 e. The number of benzene rings is 1. The Bertz CT molecular complexity index is 469. The molecule has 1 aliphatic carbocycles. The summed E-state index contributed by atoms with van der Waals surface area (Å²) in [7, 11) is 0. The predicted octanol–water partition coefficient (Wildman–Crippen LogP) is 1.51. The van der Waals surface area contributed by atoms with Crippen LogP contribution in [0.15, 0.2) is 24.3 Å². The fourth-order valence-electron chi connectivity index (χ4n) is 2.39. The molecule has 0 spiro atoms. The second-order valence-corrected chi connectivity index (χ2v) is 4.93. The van der Waals surface area contributed by atoms with E-state index >= 15 is 0 Å². The first-order valence-corrected chi connectivity index (χ1v) is 6.34. The molecule has 5 heteroatoms. The minimum absolute atomic E-state index is 0.0863. The number of hydrogen-bond acceptors (Lipinski definition) is 3. The van der Waals surface area contributed by atoms with E-state index in [1.54, 1.807) is 24.3 Å². The average Bonchev–Trinajstić information content (AvgIpc) is 2.87. The molecule has 0 saturated heterocycles. The lowest BCUT2D eigenvalue weighted by Crippen LogP contribution is -2.29. The van der Waals surface area contributed by atoms with Gasteiger partial charge in [0.1, 0.15) is 5.75 Å². The zero-order valence-electron chi connectivity index (χ0n) is 10.5. The molecule has 2 atom stereocenters. The molecule has 2 unspecified atom stereocenters. The van der Waals surface area contributed by atoms with Crippen LogP contribution in [0.3, 0.4) is 0 Å². The highest BCUT2D eigenvalue weighted by Gasteiger charge is 2.33. The topological polar surface area (TPSA) is 86.6 Å². The Morgan fingerprint density at radius 3 is 2.37 bits per heavy atom. The van der Waals surface area contributed by atoms with E-state index < -0.39 is 5.97 Å². The van der Waals surface area contributed by atoms with E-state index in [4.69, 9.17) is 10.2 Å². The van der Waals surface area contributed by atoms with Gasteiger partial charge in [0.15, 0.2) is 0 Å². The van der Waals surface area contributed by atoms with Gasteiger partial charge < -0.3 is 15.5 Å². The summed E-state index contributed by atoms with van der Waals surface area (Å²) in [5.74, 6) is -1.29. The van der Waals surface area contributed by atoms with Crippen LogP contribution in [0, 0.1) is 11.8 Å². The Labute approximate surface area is 111 Å².